The highest BCUT2D eigenvalue weighted by molar-refractivity contribution is 4.85. The zero-order valence-electron chi connectivity index (χ0n) is 9.51. The Hall–Kier alpha value is -1.01. The summed E-state index contributed by atoms with van der Waals surface area (Å²) in [5.41, 5.74) is 5.47. The molecule has 1 atom stereocenters. The maximum Gasteiger partial charge on any atom is 0.153 e. The van der Waals surface area contributed by atoms with Gasteiger partial charge in [-0.25, -0.2) is 4.68 Å². The Morgan fingerprint density at radius 3 is 3.12 bits per heavy atom. The molecule has 1 aromatic rings. The standard InChI is InChI=1S/C10H19N5O/c11-5-3-6-15-10(12-13-14-15)8-9-4-1-2-7-16-9/h9H,1-8,11H2. The molecule has 1 unspecified atom stereocenters. The normalized spacial score (nSPS) is 21.2. The molecule has 90 valence electrons. The average molecular weight is 225 g/mol. The quantitative estimate of drug-likeness (QED) is 0.770. The highest BCUT2D eigenvalue weighted by atomic mass is 16.5. The van der Waals surface area contributed by atoms with Crippen LogP contribution in [0.1, 0.15) is 31.5 Å². The van der Waals surface area contributed by atoms with Gasteiger partial charge in [-0.2, -0.15) is 0 Å². The Kier molecular flexibility index (Phi) is 4.24. The van der Waals surface area contributed by atoms with Gasteiger partial charge in [0.2, 0.25) is 0 Å². The van der Waals surface area contributed by atoms with E-state index in [1.807, 2.05) is 4.68 Å². The van der Waals surface area contributed by atoms with Crippen molar-refractivity contribution in [3.8, 4) is 0 Å². The molecule has 0 saturated carbocycles. The summed E-state index contributed by atoms with van der Waals surface area (Å²) in [7, 11) is 0. The minimum absolute atomic E-state index is 0.288. The summed E-state index contributed by atoms with van der Waals surface area (Å²) in [5, 5.41) is 11.7. The van der Waals surface area contributed by atoms with E-state index >= 15 is 0 Å². The number of rotatable bonds is 5. The van der Waals surface area contributed by atoms with Crippen LogP contribution in [0.4, 0.5) is 0 Å². The molecule has 0 radical (unpaired) electrons. The van der Waals surface area contributed by atoms with Crippen LogP contribution in [-0.4, -0.2) is 39.5 Å². The van der Waals surface area contributed by atoms with Gasteiger partial charge in [0.05, 0.1) is 6.10 Å². The predicted octanol–water partition coefficient (Wildman–Crippen LogP) is 0.133. The smallest absolute Gasteiger partial charge is 0.153 e. The molecule has 1 fully saturated rings. The first-order valence-corrected chi connectivity index (χ1v) is 5.97. The highest BCUT2D eigenvalue weighted by Gasteiger charge is 2.17. The number of nitrogens with zero attached hydrogens (tertiary/aromatic N) is 4. The van der Waals surface area contributed by atoms with Crippen molar-refractivity contribution < 1.29 is 4.74 Å². The van der Waals surface area contributed by atoms with Gasteiger partial charge in [-0.1, -0.05) is 0 Å². The van der Waals surface area contributed by atoms with Gasteiger partial charge in [-0.05, 0) is 42.7 Å². The van der Waals surface area contributed by atoms with Gasteiger partial charge in [0, 0.05) is 19.6 Å². The van der Waals surface area contributed by atoms with Gasteiger partial charge in [0.15, 0.2) is 5.82 Å². The van der Waals surface area contributed by atoms with E-state index in [1.165, 1.54) is 12.8 Å². The summed E-state index contributed by atoms with van der Waals surface area (Å²) in [6, 6.07) is 0. The zero-order chi connectivity index (χ0) is 11.2. The lowest BCUT2D eigenvalue weighted by atomic mass is 10.1. The molecule has 2 N–H and O–H groups in total. The van der Waals surface area contributed by atoms with Crippen LogP contribution in [-0.2, 0) is 17.7 Å². The number of tetrazole rings is 1. The van der Waals surface area contributed by atoms with Crippen molar-refractivity contribution in [1.29, 1.82) is 0 Å². The fourth-order valence-electron chi connectivity index (χ4n) is 1.96. The van der Waals surface area contributed by atoms with E-state index in [4.69, 9.17) is 10.5 Å². The number of aromatic nitrogens is 4. The largest absolute Gasteiger partial charge is 0.378 e. The molecule has 1 aliphatic heterocycles. The third kappa shape index (κ3) is 2.99. The first-order chi connectivity index (χ1) is 7.90. The van der Waals surface area contributed by atoms with E-state index in [0.29, 0.717) is 6.54 Å². The van der Waals surface area contributed by atoms with E-state index in [9.17, 15) is 0 Å². The maximum atomic E-state index is 5.68. The molecule has 0 amide bonds. The summed E-state index contributed by atoms with van der Waals surface area (Å²) >= 11 is 0. The SMILES string of the molecule is NCCCn1nnnc1CC1CCCCO1. The summed E-state index contributed by atoms with van der Waals surface area (Å²) in [6.07, 6.45) is 5.55. The molecule has 1 aromatic heterocycles. The topological polar surface area (TPSA) is 78.9 Å². The molecule has 0 bridgehead atoms. The Bertz CT molecular complexity index is 308. The van der Waals surface area contributed by atoms with Gasteiger partial charge in [0.1, 0.15) is 0 Å². The minimum atomic E-state index is 0.288. The van der Waals surface area contributed by atoms with Crippen molar-refractivity contribution in [2.24, 2.45) is 5.73 Å². The molecule has 6 nitrogen and oxygen atoms in total. The third-order valence-electron chi connectivity index (χ3n) is 2.86. The van der Waals surface area contributed by atoms with Crippen molar-refractivity contribution in [3.63, 3.8) is 0 Å². The lowest BCUT2D eigenvalue weighted by Crippen LogP contribution is -2.23. The molecule has 16 heavy (non-hydrogen) atoms. The Morgan fingerprint density at radius 2 is 2.38 bits per heavy atom. The Balaban J connectivity index is 1.89. The van der Waals surface area contributed by atoms with Crippen molar-refractivity contribution >= 4 is 0 Å². The second-order valence-electron chi connectivity index (χ2n) is 4.15. The van der Waals surface area contributed by atoms with E-state index < -0.39 is 0 Å². The fraction of sp³-hybridized carbons (Fsp3) is 0.900. The van der Waals surface area contributed by atoms with Gasteiger partial charge in [0.25, 0.3) is 0 Å². The van der Waals surface area contributed by atoms with E-state index in [0.717, 1.165) is 38.2 Å². The Morgan fingerprint density at radius 1 is 1.44 bits per heavy atom. The van der Waals surface area contributed by atoms with E-state index in [-0.39, 0.29) is 6.10 Å². The van der Waals surface area contributed by atoms with E-state index in [1.54, 1.807) is 0 Å². The number of hydrogen-bond donors (Lipinski definition) is 1. The van der Waals surface area contributed by atoms with Crippen molar-refractivity contribution in [2.45, 2.75) is 44.8 Å². The number of hydrogen-bond acceptors (Lipinski definition) is 5. The summed E-state index contributed by atoms with van der Waals surface area (Å²) in [6.45, 7) is 2.33. The second kappa shape index (κ2) is 5.91. The molecule has 2 heterocycles. The van der Waals surface area contributed by atoms with Crippen LogP contribution in [0.5, 0.6) is 0 Å². The summed E-state index contributed by atoms with van der Waals surface area (Å²) in [5.74, 6) is 0.917. The van der Waals surface area contributed by atoms with Crippen LogP contribution in [0.2, 0.25) is 0 Å². The van der Waals surface area contributed by atoms with Gasteiger partial charge in [-0.3, -0.25) is 0 Å². The fourth-order valence-corrected chi connectivity index (χ4v) is 1.96. The molecule has 1 aliphatic rings. The molecule has 1 saturated heterocycles. The summed E-state index contributed by atoms with van der Waals surface area (Å²) in [4.78, 5) is 0. The van der Waals surface area contributed by atoms with Crippen LogP contribution in [0.15, 0.2) is 0 Å². The van der Waals surface area contributed by atoms with Gasteiger partial charge >= 0.3 is 0 Å². The highest BCUT2D eigenvalue weighted by Crippen LogP contribution is 2.15. The van der Waals surface area contributed by atoms with Crippen LogP contribution in [0.3, 0.4) is 0 Å². The molecule has 0 spiro atoms. The maximum absolute atomic E-state index is 5.68. The molecular weight excluding hydrogens is 206 g/mol. The zero-order valence-corrected chi connectivity index (χ0v) is 9.51. The Labute approximate surface area is 95.1 Å². The molecule has 2 rings (SSSR count). The second-order valence-corrected chi connectivity index (χ2v) is 4.15. The first kappa shape index (κ1) is 11.5. The van der Waals surface area contributed by atoms with Gasteiger partial charge < -0.3 is 10.5 Å². The first-order valence-electron chi connectivity index (χ1n) is 5.97. The monoisotopic (exact) mass is 225 g/mol. The van der Waals surface area contributed by atoms with Crippen molar-refractivity contribution in [3.05, 3.63) is 5.82 Å². The lowest BCUT2D eigenvalue weighted by molar-refractivity contribution is 0.0150. The van der Waals surface area contributed by atoms with Crippen molar-refractivity contribution in [1.82, 2.24) is 20.2 Å². The summed E-state index contributed by atoms with van der Waals surface area (Å²) < 4.78 is 7.52. The van der Waals surface area contributed by atoms with Crippen LogP contribution < -0.4 is 5.73 Å². The van der Waals surface area contributed by atoms with Crippen molar-refractivity contribution in [2.75, 3.05) is 13.2 Å². The predicted molar refractivity (Wildman–Crippen MR) is 58.8 cm³/mol. The van der Waals surface area contributed by atoms with Crippen LogP contribution >= 0.6 is 0 Å². The van der Waals surface area contributed by atoms with E-state index in [2.05, 4.69) is 15.5 Å². The number of aryl methyl sites for hydroxylation is 1. The number of ether oxygens (including phenoxy) is 1. The van der Waals surface area contributed by atoms with Gasteiger partial charge in [-0.15, -0.1) is 5.10 Å². The minimum Gasteiger partial charge on any atom is -0.378 e. The average Bonchev–Trinajstić information content (AvgIpc) is 2.75. The lowest BCUT2D eigenvalue weighted by Gasteiger charge is -2.21. The molecule has 0 aromatic carbocycles. The third-order valence-corrected chi connectivity index (χ3v) is 2.86. The van der Waals surface area contributed by atoms with Crippen LogP contribution in [0.25, 0.3) is 0 Å². The molecule has 6 heteroatoms. The molecular formula is C10H19N5O. The number of nitrogens with two attached hydrogens (primary N) is 1. The molecule has 0 aliphatic carbocycles. The van der Waals surface area contributed by atoms with Crippen LogP contribution in [0, 0.1) is 0 Å².